The van der Waals surface area contributed by atoms with E-state index in [4.69, 9.17) is 9.72 Å². The molecule has 4 aromatic rings. The maximum absolute atomic E-state index is 16.4. The van der Waals surface area contributed by atoms with E-state index in [-0.39, 0.29) is 34.2 Å². The Hall–Kier alpha value is -3.39. The summed E-state index contributed by atoms with van der Waals surface area (Å²) in [7, 11) is 0. The number of aromatic hydroxyl groups is 1. The molecular weight excluding hydrogens is 462 g/mol. The Morgan fingerprint density at radius 1 is 1.17 bits per heavy atom. The van der Waals surface area contributed by atoms with E-state index in [0.29, 0.717) is 58.6 Å². The molecule has 1 spiro atoms. The van der Waals surface area contributed by atoms with Gasteiger partial charge in [-0.1, -0.05) is 26.8 Å². The van der Waals surface area contributed by atoms with Gasteiger partial charge in [0.25, 0.3) is 0 Å². The number of fused-ring (bicyclic) bond motifs is 2. The van der Waals surface area contributed by atoms with Gasteiger partial charge < -0.3 is 14.7 Å². The van der Waals surface area contributed by atoms with Crippen molar-refractivity contribution in [3.05, 3.63) is 53.5 Å². The van der Waals surface area contributed by atoms with Gasteiger partial charge in [-0.3, -0.25) is 4.98 Å². The molecule has 0 radical (unpaired) electrons. The molecule has 2 aliphatic rings. The number of ether oxygens (including phenoxy) is 1. The normalized spacial score (nSPS) is 17.0. The summed E-state index contributed by atoms with van der Waals surface area (Å²) in [5.74, 6) is 0.215. The second kappa shape index (κ2) is 8.34. The van der Waals surface area contributed by atoms with Crippen LogP contribution in [0.4, 0.5) is 14.6 Å². The Labute approximate surface area is 208 Å². The highest BCUT2D eigenvalue weighted by molar-refractivity contribution is 6.01. The van der Waals surface area contributed by atoms with Crippen molar-refractivity contribution in [2.24, 2.45) is 0 Å². The van der Waals surface area contributed by atoms with Crippen LogP contribution >= 0.6 is 0 Å². The number of phenols is 1. The van der Waals surface area contributed by atoms with E-state index in [2.05, 4.69) is 14.9 Å². The van der Waals surface area contributed by atoms with Crippen LogP contribution in [0.2, 0.25) is 0 Å². The minimum atomic E-state index is -0.602. The summed E-state index contributed by atoms with van der Waals surface area (Å²) in [5.41, 5.74) is 0.906. The minimum Gasteiger partial charge on any atom is -0.508 e. The fourth-order valence-electron chi connectivity index (χ4n) is 5.65. The van der Waals surface area contributed by atoms with Crippen molar-refractivity contribution < 1.29 is 18.6 Å². The van der Waals surface area contributed by atoms with Gasteiger partial charge in [0.05, 0.1) is 24.1 Å². The lowest BCUT2D eigenvalue weighted by atomic mass is 9.93. The first kappa shape index (κ1) is 23.0. The molecule has 2 aromatic carbocycles. The molecule has 6 nitrogen and oxygen atoms in total. The van der Waals surface area contributed by atoms with E-state index in [0.717, 1.165) is 19.4 Å². The summed E-state index contributed by atoms with van der Waals surface area (Å²) < 4.78 is 36.7. The average Bonchev–Trinajstić information content (AvgIpc) is 3.29. The quantitative estimate of drug-likeness (QED) is 0.385. The van der Waals surface area contributed by atoms with E-state index < -0.39 is 5.82 Å². The number of aryl methyl sites for hydroxylation is 1. The van der Waals surface area contributed by atoms with Crippen LogP contribution in [0.3, 0.4) is 0 Å². The van der Waals surface area contributed by atoms with Gasteiger partial charge in [0.2, 0.25) is 0 Å². The van der Waals surface area contributed by atoms with Crippen LogP contribution in [0.5, 0.6) is 5.75 Å². The number of rotatable bonds is 4. The molecule has 0 bridgehead atoms. The van der Waals surface area contributed by atoms with E-state index in [1.54, 1.807) is 18.3 Å². The summed E-state index contributed by atoms with van der Waals surface area (Å²) in [5, 5.41) is 12.1. The molecule has 6 rings (SSSR count). The van der Waals surface area contributed by atoms with E-state index in [1.165, 1.54) is 12.1 Å². The Bertz CT molecular complexity index is 1520. The van der Waals surface area contributed by atoms with Gasteiger partial charge in [-0.05, 0) is 53.8 Å². The van der Waals surface area contributed by atoms with Gasteiger partial charge in [0, 0.05) is 24.2 Å². The third-order valence-electron chi connectivity index (χ3n) is 7.55. The van der Waals surface area contributed by atoms with Gasteiger partial charge in [0.1, 0.15) is 34.4 Å². The van der Waals surface area contributed by atoms with Gasteiger partial charge >= 0.3 is 0 Å². The minimum absolute atomic E-state index is 0.0113. The number of hydrogen-bond acceptors (Lipinski definition) is 6. The molecule has 2 aromatic heterocycles. The zero-order chi connectivity index (χ0) is 25.2. The number of nitrogens with zero attached hydrogens (tertiary/aromatic N) is 4. The molecule has 36 heavy (non-hydrogen) atoms. The molecule has 0 amide bonds. The maximum Gasteiger partial charge on any atom is 0.175 e. The second-order valence-corrected chi connectivity index (χ2v) is 10.2. The van der Waals surface area contributed by atoms with E-state index >= 15 is 4.39 Å². The van der Waals surface area contributed by atoms with Crippen molar-refractivity contribution in [2.75, 3.05) is 24.7 Å². The van der Waals surface area contributed by atoms with Gasteiger partial charge in [-0.15, -0.1) is 0 Å². The van der Waals surface area contributed by atoms with Crippen LogP contribution in [0, 0.1) is 11.6 Å². The van der Waals surface area contributed by atoms with Crippen molar-refractivity contribution in [1.82, 2.24) is 15.0 Å². The molecule has 2 saturated heterocycles. The summed E-state index contributed by atoms with van der Waals surface area (Å²) >= 11 is 0. The lowest BCUT2D eigenvalue weighted by molar-refractivity contribution is -0.0507. The Morgan fingerprint density at radius 3 is 2.67 bits per heavy atom. The highest BCUT2D eigenvalue weighted by atomic mass is 19.1. The van der Waals surface area contributed by atoms with Crippen LogP contribution in [0.1, 0.15) is 50.9 Å². The number of benzene rings is 2. The molecule has 8 heteroatoms. The Balaban J connectivity index is 1.63. The lowest BCUT2D eigenvalue weighted by Gasteiger charge is -2.46. The standard InChI is InChI=1S/C28H28F2N4O2/c1-4-18-21(29)7-6-16-10-17(35)11-19(22(16)18)24-23(30)25-20(12-31-24)27(33-26(32-25)15(2)3)34-9-5-8-28(34)13-36-14-28/h6-7,10-12,15,35H,4-5,8-9,13-14H2,1-3H3. The summed E-state index contributed by atoms with van der Waals surface area (Å²) in [4.78, 5) is 16.3. The molecule has 0 unspecified atom stereocenters. The fourth-order valence-corrected chi connectivity index (χ4v) is 5.65. The second-order valence-electron chi connectivity index (χ2n) is 10.2. The van der Waals surface area contributed by atoms with Crippen molar-refractivity contribution in [1.29, 1.82) is 0 Å². The smallest absolute Gasteiger partial charge is 0.175 e. The predicted molar refractivity (Wildman–Crippen MR) is 135 cm³/mol. The fraction of sp³-hybridized carbons (Fsp3) is 0.393. The number of halogens is 2. The molecule has 186 valence electrons. The molecule has 2 aliphatic heterocycles. The third-order valence-corrected chi connectivity index (χ3v) is 7.55. The zero-order valence-electron chi connectivity index (χ0n) is 20.6. The van der Waals surface area contributed by atoms with Crippen LogP contribution < -0.4 is 4.90 Å². The van der Waals surface area contributed by atoms with Crippen LogP contribution in [-0.2, 0) is 11.2 Å². The van der Waals surface area contributed by atoms with E-state index in [9.17, 15) is 9.50 Å². The summed E-state index contributed by atoms with van der Waals surface area (Å²) in [6.45, 7) is 7.89. The Kier molecular flexibility index (Phi) is 5.33. The molecular formula is C28H28F2N4O2. The molecule has 0 saturated carbocycles. The van der Waals surface area contributed by atoms with Gasteiger partial charge in [0.15, 0.2) is 5.82 Å². The molecule has 0 aliphatic carbocycles. The monoisotopic (exact) mass is 490 g/mol. The zero-order valence-corrected chi connectivity index (χ0v) is 20.6. The maximum atomic E-state index is 16.4. The number of anilines is 1. The molecule has 4 heterocycles. The first-order valence-electron chi connectivity index (χ1n) is 12.5. The van der Waals surface area contributed by atoms with Gasteiger partial charge in [-0.2, -0.15) is 0 Å². The highest BCUT2D eigenvalue weighted by Crippen LogP contribution is 2.43. The average molecular weight is 491 g/mol. The van der Waals surface area contributed by atoms with Crippen LogP contribution in [0.15, 0.2) is 30.5 Å². The molecule has 1 N–H and O–H groups in total. The van der Waals surface area contributed by atoms with Crippen LogP contribution in [0.25, 0.3) is 32.9 Å². The first-order valence-corrected chi connectivity index (χ1v) is 12.5. The number of hydrogen-bond donors (Lipinski definition) is 1. The Morgan fingerprint density at radius 2 is 1.97 bits per heavy atom. The van der Waals surface area contributed by atoms with E-state index in [1.807, 2.05) is 20.8 Å². The third kappa shape index (κ3) is 3.34. The highest BCUT2D eigenvalue weighted by Gasteiger charge is 2.48. The predicted octanol–water partition coefficient (Wildman–Crippen LogP) is 5.88. The summed E-state index contributed by atoms with van der Waals surface area (Å²) in [6, 6.07) is 5.97. The first-order chi connectivity index (χ1) is 17.3. The number of pyridine rings is 1. The largest absolute Gasteiger partial charge is 0.508 e. The topological polar surface area (TPSA) is 71.4 Å². The summed E-state index contributed by atoms with van der Waals surface area (Å²) in [6.07, 6.45) is 4.04. The van der Waals surface area contributed by atoms with Crippen molar-refractivity contribution in [2.45, 2.75) is 51.5 Å². The van der Waals surface area contributed by atoms with Gasteiger partial charge in [-0.25, -0.2) is 18.7 Å². The van der Waals surface area contributed by atoms with Crippen molar-refractivity contribution in [3.63, 3.8) is 0 Å². The number of aromatic nitrogens is 3. The SMILES string of the molecule is CCc1c(F)ccc2cc(O)cc(-c3ncc4c(N5CCCC56COC6)nc(C(C)C)nc4c3F)c12. The lowest BCUT2D eigenvalue weighted by Crippen LogP contribution is -2.59. The van der Waals surface area contributed by atoms with Crippen LogP contribution in [-0.4, -0.2) is 45.4 Å². The molecule has 0 atom stereocenters. The number of phenolic OH excluding ortho intramolecular Hbond substituents is 1. The van der Waals surface area contributed by atoms with Crippen molar-refractivity contribution in [3.8, 4) is 17.0 Å². The van der Waals surface area contributed by atoms with Crippen molar-refractivity contribution >= 4 is 27.5 Å². The molecule has 2 fully saturated rings.